The zero-order valence-corrected chi connectivity index (χ0v) is 10.5. The van der Waals surface area contributed by atoms with Crippen molar-refractivity contribution >= 4 is 5.91 Å². The Balaban J connectivity index is 2.20. The molecule has 0 saturated carbocycles. The van der Waals surface area contributed by atoms with Gasteiger partial charge in [0.2, 0.25) is 6.39 Å². The Morgan fingerprint density at radius 3 is 2.83 bits per heavy atom. The molecule has 2 heterocycles. The van der Waals surface area contributed by atoms with Gasteiger partial charge in [-0.3, -0.25) is 9.78 Å². The highest BCUT2D eigenvalue weighted by atomic mass is 16.5. The molecule has 94 valence electrons. The summed E-state index contributed by atoms with van der Waals surface area (Å²) in [5.41, 5.74) is 0.709. The molecule has 1 N–H and O–H groups in total. The lowest BCUT2D eigenvalue weighted by molar-refractivity contribution is 0.0906. The summed E-state index contributed by atoms with van der Waals surface area (Å²) < 4.78 is 4.69. The number of hydrogen-bond donors (Lipinski definition) is 1. The van der Waals surface area contributed by atoms with Crippen LogP contribution in [0.4, 0.5) is 0 Å². The van der Waals surface area contributed by atoms with Gasteiger partial charge in [0.1, 0.15) is 0 Å². The van der Waals surface area contributed by atoms with Gasteiger partial charge >= 0.3 is 0 Å². The lowest BCUT2D eigenvalue weighted by atomic mass is 10.0. The lowest BCUT2D eigenvalue weighted by Crippen LogP contribution is -2.42. The summed E-state index contributed by atoms with van der Waals surface area (Å²) >= 11 is 0. The predicted molar refractivity (Wildman–Crippen MR) is 63.8 cm³/mol. The molecule has 2 rings (SSSR count). The van der Waals surface area contributed by atoms with Gasteiger partial charge in [-0.05, 0) is 32.4 Å². The van der Waals surface area contributed by atoms with E-state index in [-0.39, 0.29) is 5.91 Å². The SMILES string of the molecule is Cc1cnccc1C(=O)NC(C)(C)c1ncon1. The fourth-order valence-electron chi connectivity index (χ4n) is 1.58. The normalized spacial score (nSPS) is 11.3. The highest BCUT2D eigenvalue weighted by Crippen LogP contribution is 2.16. The molecule has 0 saturated heterocycles. The summed E-state index contributed by atoms with van der Waals surface area (Å²) in [6.45, 7) is 5.46. The van der Waals surface area contributed by atoms with Crippen molar-refractivity contribution in [2.24, 2.45) is 0 Å². The summed E-state index contributed by atoms with van der Waals surface area (Å²) in [6.07, 6.45) is 4.47. The molecule has 0 aromatic carbocycles. The van der Waals surface area contributed by atoms with Crippen LogP contribution >= 0.6 is 0 Å². The third kappa shape index (κ3) is 2.37. The molecule has 0 aliphatic heterocycles. The molecule has 0 aliphatic carbocycles. The Kier molecular flexibility index (Phi) is 3.10. The highest BCUT2D eigenvalue weighted by molar-refractivity contribution is 5.95. The van der Waals surface area contributed by atoms with Crippen molar-refractivity contribution in [2.45, 2.75) is 26.3 Å². The van der Waals surface area contributed by atoms with Crippen LogP contribution in [0, 0.1) is 6.92 Å². The number of aromatic nitrogens is 3. The summed E-state index contributed by atoms with van der Waals surface area (Å²) in [7, 11) is 0. The number of pyridine rings is 1. The van der Waals surface area contributed by atoms with Gasteiger partial charge in [0.15, 0.2) is 5.82 Å². The number of nitrogens with one attached hydrogen (secondary N) is 1. The molecule has 2 aromatic heterocycles. The van der Waals surface area contributed by atoms with Gasteiger partial charge in [0.25, 0.3) is 5.91 Å². The maximum atomic E-state index is 12.2. The molecule has 0 fully saturated rings. The van der Waals surface area contributed by atoms with Gasteiger partial charge in [0, 0.05) is 18.0 Å². The van der Waals surface area contributed by atoms with Gasteiger partial charge < -0.3 is 9.84 Å². The van der Waals surface area contributed by atoms with Crippen LogP contribution in [0.3, 0.4) is 0 Å². The van der Waals surface area contributed by atoms with Gasteiger partial charge in [-0.1, -0.05) is 5.16 Å². The third-order valence-electron chi connectivity index (χ3n) is 2.61. The Morgan fingerprint density at radius 2 is 2.22 bits per heavy atom. The first-order chi connectivity index (χ1) is 8.50. The molecule has 2 aromatic rings. The standard InChI is InChI=1S/C12H14N4O2/c1-8-6-13-5-4-9(8)10(17)15-12(2,3)11-14-7-18-16-11/h4-7H,1-3H3,(H,15,17). The quantitative estimate of drug-likeness (QED) is 0.886. The largest absolute Gasteiger partial charge is 0.343 e. The molecule has 0 spiro atoms. The van der Waals surface area contributed by atoms with Crippen LogP contribution in [0.1, 0.15) is 35.6 Å². The van der Waals surface area contributed by atoms with E-state index in [1.165, 1.54) is 6.39 Å². The van der Waals surface area contributed by atoms with Crippen LogP contribution in [-0.2, 0) is 5.54 Å². The highest BCUT2D eigenvalue weighted by Gasteiger charge is 2.28. The molecule has 0 atom stereocenters. The second kappa shape index (κ2) is 4.56. The van der Waals surface area contributed by atoms with Crippen molar-refractivity contribution in [1.82, 2.24) is 20.4 Å². The summed E-state index contributed by atoms with van der Waals surface area (Å²) in [5.74, 6) is 0.243. The Hall–Kier alpha value is -2.24. The lowest BCUT2D eigenvalue weighted by Gasteiger charge is -2.22. The second-order valence-corrected chi connectivity index (χ2v) is 4.52. The smallest absolute Gasteiger partial charge is 0.252 e. The summed E-state index contributed by atoms with van der Waals surface area (Å²) in [4.78, 5) is 20.1. The maximum absolute atomic E-state index is 12.2. The number of amides is 1. The molecule has 0 aliphatic rings. The summed E-state index contributed by atoms with van der Waals surface area (Å²) in [5, 5.41) is 6.61. The van der Waals surface area contributed by atoms with Crippen molar-refractivity contribution in [3.05, 3.63) is 41.8 Å². The van der Waals surface area contributed by atoms with E-state index < -0.39 is 5.54 Å². The molecule has 6 nitrogen and oxygen atoms in total. The number of carbonyl (C=O) groups is 1. The number of hydrogen-bond acceptors (Lipinski definition) is 5. The Bertz CT molecular complexity index is 549. The second-order valence-electron chi connectivity index (χ2n) is 4.52. The van der Waals surface area contributed by atoms with Crippen LogP contribution in [0.2, 0.25) is 0 Å². The third-order valence-corrected chi connectivity index (χ3v) is 2.61. The maximum Gasteiger partial charge on any atom is 0.252 e. The minimum atomic E-state index is -0.695. The van der Waals surface area contributed by atoms with Crippen molar-refractivity contribution < 1.29 is 9.32 Å². The van der Waals surface area contributed by atoms with E-state index in [1.54, 1.807) is 18.5 Å². The van der Waals surface area contributed by atoms with Gasteiger partial charge in [-0.2, -0.15) is 4.98 Å². The van der Waals surface area contributed by atoms with Gasteiger partial charge in [0.05, 0.1) is 5.54 Å². The van der Waals surface area contributed by atoms with E-state index in [4.69, 9.17) is 0 Å². The van der Waals surface area contributed by atoms with E-state index in [9.17, 15) is 4.79 Å². The van der Waals surface area contributed by atoms with Crippen molar-refractivity contribution in [3.63, 3.8) is 0 Å². The van der Waals surface area contributed by atoms with Gasteiger partial charge in [-0.15, -0.1) is 0 Å². The minimum Gasteiger partial charge on any atom is -0.343 e. The zero-order chi connectivity index (χ0) is 13.2. The minimum absolute atomic E-state index is 0.190. The first-order valence-corrected chi connectivity index (χ1v) is 5.50. The molecular formula is C12H14N4O2. The molecule has 0 radical (unpaired) electrons. The number of aryl methyl sites for hydroxylation is 1. The molecule has 0 bridgehead atoms. The molecule has 1 amide bonds. The fraction of sp³-hybridized carbons (Fsp3) is 0.333. The zero-order valence-electron chi connectivity index (χ0n) is 10.5. The molecule has 18 heavy (non-hydrogen) atoms. The van der Waals surface area contributed by atoms with Crippen LogP contribution < -0.4 is 5.32 Å². The number of rotatable bonds is 3. The van der Waals surface area contributed by atoms with E-state index >= 15 is 0 Å². The predicted octanol–water partition coefficient (Wildman–Crippen LogP) is 1.44. The van der Waals surface area contributed by atoms with Crippen LogP contribution in [0.25, 0.3) is 0 Å². The average molecular weight is 246 g/mol. The average Bonchev–Trinajstić information content (AvgIpc) is 2.82. The first-order valence-electron chi connectivity index (χ1n) is 5.50. The van der Waals surface area contributed by atoms with Crippen LogP contribution in [0.5, 0.6) is 0 Å². The fourth-order valence-corrected chi connectivity index (χ4v) is 1.58. The molecule has 0 unspecified atom stereocenters. The molecular weight excluding hydrogens is 232 g/mol. The first kappa shape index (κ1) is 12.2. The van der Waals surface area contributed by atoms with E-state index in [2.05, 4.69) is 25.0 Å². The van der Waals surface area contributed by atoms with Gasteiger partial charge in [-0.25, -0.2) is 0 Å². The van der Waals surface area contributed by atoms with Crippen molar-refractivity contribution in [1.29, 1.82) is 0 Å². The monoisotopic (exact) mass is 246 g/mol. The summed E-state index contributed by atoms with van der Waals surface area (Å²) in [6, 6.07) is 1.68. The number of carbonyl (C=O) groups excluding carboxylic acids is 1. The van der Waals surface area contributed by atoms with E-state index in [0.717, 1.165) is 5.56 Å². The Morgan fingerprint density at radius 1 is 1.44 bits per heavy atom. The van der Waals surface area contributed by atoms with E-state index in [0.29, 0.717) is 11.4 Å². The number of nitrogens with zero attached hydrogens (tertiary/aromatic N) is 3. The van der Waals surface area contributed by atoms with Crippen molar-refractivity contribution in [3.8, 4) is 0 Å². The topological polar surface area (TPSA) is 80.9 Å². The Labute approximate surface area is 104 Å². The van der Waals surface area contributed by atoms with Crippen LogP contribution in [0.15, 0.2) is 29.4 Å². The van der Waals surface area contributed by atoms with E-state index in [1.807, 2.05) is 20.8 Å². The van der Waals surface area contributed by atoms with Crippen molar-refractivity contribution in [2.75, 3.05) is 0 Å². The van der Waals surface area contributed by atoms with Crippen LogP contribution in [-0.4, -0.2) is 21.0 Å². The molecule has 6 heteroatoms.